The zero-order chi connectivity index (χ0) is 26.5. The maximum atomic E-state index is 13.4. The molecule has 0 saturated heterocycles. The third-order valence-corrected chi connectivity index (χ3v) is 8.36. The minimum absolute atomic E-state index is 0.00455. The lowest BCUT2D eigenvalue weighted by atomic mass is 10.1. The summed E-state index contributed by atoms with van der Waals surface area (Å²) in [6.07, 6.45) is 1.38. The second-order valence-electron chi connectivity index (χ2n) is 9.23. The van der Waals surface area contributed by atoms with Gasteiger partial charge in [0.1, 0.15) is 10.9 Å². The molecule has 0 aromatic heterocycles. The van der Waals surface area contributed by atoms with Crippen molar-refractivity contribution in [1.82, 2.24) is 14.5 Å². The Morgan fingerprint density at radius 2 is 1.69 bits per heavy atom. The highest BCUT2D eigenvalue weighted by Gasteiger charge is 2.40. The molecule has 2 aromatic rings. The summed E-state index contributed by atoms with van der Waals surface area (Å²) in [5.41, 5.74) is 2.14. The van der Waals surface area contributed by atoms with Crippen LogP contribution in [0.5, 0.6) is 0 Å². The van der Waals surface area contributed by atoms with E-state index < -0.39 is 22.0 Å². The van der Waals surface area contributed by atoms with Crippen molar-refractivity contribution < 1.29 is 22.8 Å². The van der Waals surface area contributed by atoms with Gasteiger partial charge in [-0.1, -0.05) is 55.8 Å². The second kappa shape index (κ2) is 11.7. The topological polar surface area (TPSA) is 104 Å². The van der Waals surface area contributed by atoms with E-state index in [0.717, 1.165) is 21.9 Å². The zero-order valence-corrected chi connectivity index (χ0v) is 22.2. The molecule has 194 valence electrons. The smallest absolute Gasteiger partial charge is 0.269 e. The van der Waals surface area contributed by atoms with Crippen molar-refractivity contribution in [2.75, 3.05) is 6.54 Å². The Morgan fingerprint density at radius 3 is 2.31 bits per heavy atom. The predicted molar refractivity (Wildman–Crippen MR) is 138 cm³/mol. The fraction of sp³-hybridized carbons (Fsp3) is 0.444. The Bertz CT molecular complexity index is 1210. The van der Waals surface area contributed by atoms with Crippen molar-refractivity contribution in [2.45, 2.75) is 76.9 Å². The molecule has 0 radical (unpaired) electrons. The fourth-order valence-electron chi connectivity index (χ4n) is 4.22. The first-order valence-electron chi connectivity index (χ1n) is 12.4. The SMILES string of the molecule is CC[C@@H](C)NC(=O)[C@H](CC)N(Cc1ccc(C)cc1)C(=O)CCCN1C(=O)c2ccccc2S1(=O)=O. The molecule has 3 amide bonds. The van der Waals surface area contributed by atoms with E-state index in [4.69, 9.17) is 0 Å². The molecule has 0 unspecified atom stereocenters. The standard InChI is InChI=1S/C27H35N3O5S/c1-5-20(4)28-26(32)23(6-2)29(18-21-15-13-19(3)14-16-21)25(31)12-9-17-30-27(33)22-10-7-8-11-24(22)36(30,34)35/h7-8,10-11,13-16,20,23H,5-6,9,12,17-18H2,1-4H3,(H,28,32)/t20-,23+/m1/s1. The number of aryl methyl sites for hydroxylation is 1. The largest absolute Gasteiger partial charge is 0.352 e. The van der Waals surface area contributed by atoms with Crippen LogP contribution in [0.3, 0.4) is 0 Å². The van der Waals surface area contributed by atoms with E-state index in [1.54, 1.807) is 17.0 Å². The van der Waals surface area contributed by atoms with Gasteiger partial charge >= 0.3 is 0 Å². The van der Waals surface area contributed by atoms with Crippen LogP contribution < -0.4 is 5.32 Å². The number of carbonyl (C=O) groups excluding carboxylic acids is 3. The molecule has 1 aliphatic heterocycles. The number of carbonyl (C=O) groups is 3. The lowest BCUT2D eigenvalue weighted by Gasteiger charge is -2.31. The molecule has 36 heavy (non-hydrogen) atoms. The van der Waals surface area contributed by atoms with Crippen LogP contribution in [0.2, 0.25) is 0 Å². The Hall–Kier alpha value is -3.20. The molecule has 0 saturated carbocycles. The summed E-state index contributed by atoms with van der Waals surface area (Å²) in [7, 11) is -3.92. The summed E-state index contributed by atoms with van der Waals surface area (Å²) in [5, 5.41) is 2.97. The minimum atomic E-state index is -3.92. The fourth-order valence-corrected chi connectivity index (χ4v) is 5.83. The Morgan fingerprint density at radius 1 is 1.03 bits per heavy atom. The van der Waals surface area contributed by atoms with E-state index in [1.807, 2.05) is 52.0 Å². The van der Waals surface area contributed by atoms with Crippen molar-refractivity contribution in [3.05, 3.63) is 65.2 Å². The van der Waals surface area contributed by atoms with Gasteiger partial charge in [-0.05, 0) is 50.8 Å². The lowest BCUT2D eigenvalue weighted by Crippen LogP contribution is -2.50. The van der Waals surface area contributed by atoms with Crippen molar-refractivity contribution in [3.63, 3.8) is 0 Å². The molecule has 9 heteroatoms. The zero-order valence-electron chi connectivity index (χ0n) is 21.4. The highest BCUT2D eigenvalue weighted by Crippen LogP contribution is 2.30. The number of amides is 3. The maximum absolute atomic E-state index is 13.4. The first kappa shape index (κ1) is 27.4. The number of nitrogens with zero attached hydrogens (tertiary/aromatic N) is 2. The molecule has 2 atom stereocenters. The monoisotopic (exact) mass is 513 g/mol. The summed E-state index contributed by atoms with van der Waals surface area (Å²) in [5.74, 6) is -1.04. The highest BCUT2D eigenvalue weighted by molar-refractivity contribution is 7.90. The van der Waals surface area contributed by atoms with Crippen molar-refractivity contribution in [3.8, 4) is 0 Å². The third-order valence-electron chi connectivity index (χ3n) is 6.52. The summed E-state index contributed by atoms with van der Waals surface area (Å²) < 4.78 is 26.4. The van der Waals surface area contributed by atoms with Gasteiger partial charge in [0.05, 0.1) is 5.56 Å². The van der Waals surface area contributed by atoms with Gasteiger partial charge in [0.15, 0.2) is 0 Å². The summed E-state index contributed by atoms with van der Waals surface area (Å²) in [6, 6.07) is 13.2. The number of hydrogen-bond donors (Lipinski definition) is 1. The van der Waals surface area contributed by atoms with Crippen LogP contribution in [0.25, 0.3) is 0 Å². The van der Waals surface area contributed by atoms with E-state index in [-0.39, 0.29) is 54.2 Å². The van der Waals surface area contributed by atoms with Gasteiger partial charge in [-0.15, -0.1) is 0 Å². The van der Waals surface area contributed by atoms with Crippen molar-refractivity contribution in [1.29, 1.82) is 0 Å². The molecule has 2 aromatic carbocycles. The Labute approximate surface area is 213 Å². The normalized spacial score (nSPS) is 15.8. The molecule has 3 rings (SSSR count). The Balaban J connectivity index is 1.74. The molecule has 0 fully saturated rings. The number of nitrogens with one attached hydrogen (secondary N) is 1. The quantitative estimate of drug-likeness (QED) is 0.494. The molecule has 0 aliphatic carbocycles. The second-order valence-corrected chi connectivity index (χ2v) is 11.1. The third kappa shape index (κ3) is 5.95. The van der Waals surface area contributed by atoms with Gasteiger partial charge < -0.3 is 10.2 Å². The first-order chi connectivity index (χ1) is 17.1. The number of rotatable bonds is 11. The summed E-state index contributed by atoms with van der Waals surface area (Å²) in [6.45, 7) is 7.90. The molecule has 8 nitrogen and oxygen atoms in total. The molecule has 0 bridgehead atoms. The predicted octanol–water partition coefficient (Wildman–Crippen LogP) is 3.64. The van der Waals surface area contributed by atoms with Crippen molar-refractivity contribution >= 4 is 27.7 Å². The molecule has 1 heterocycles. The number of hydrogen-bond acceptors (Lipinski definition) is 5. The van der Waals surface area contributed by atoms with Gasteiger partial charge in [0, 0.05) is 25.6 Å². The molecular weight excluding hydrogens is 478 g/mol. The van der Waals surface area contributed by atoms with Crippen molar-refractivity contribution in [2.24, 2.45) is 0 Å². The van der Waals surface area contributed by atoms with Gasteiger partial charge in [-0.3, -0.25) is 14.4 Å². The van der Waals surface area contributed by atoms with E-state index in [0.29, 0.717) is 6.42 Å². The van der Waals surface area contributed by atoms with Crippen LogP contribution in [-0.4, -0.2) is 54.0 Å². The van der Waals surface area contributed by atoms with Gasteiger partial charge in [-0.2, -0.15) is 0 Å². The number of benzene rings is 2. The average Bonchev–Trinajstić information content (AvgIpc) is 3.05. The Kier molecular flexibility index (Phi) is 8.89. The molecular formula is C27H35N3O5S. The maximum Gasteiger partial charge on any atom is 0.269 e. The van der Waals surface area contributed by atoms with Crippen LogP contribution in [0, 0.1) is 6.92 Å². The van der Waals surface area contributed by atoms with Gasteiger partial charge in [0.2, 0.25) is 11.8 Å². The molecule has 1 aliphatic rings. The minimum Gasteiger partial charge on any atom is -0.352 e. The van der Waals surface area contributed by atoms with E-state index in [2.05, 4.69) is 5.32 Å². The first-order valence-corrected chi connectivity index (χ1v) is 13.9. The van der Waals surface area contributed by atoms with E-state index in [9.17, 15) is 22.8 Å². The van der Waals surface area contributed by atoms with E-state index in [1.165, 1.54) is 12.1 Å². The van der Waals surface area contributed by atoms with E-state index >= 15 is 0 Å². The molecule has 1 N–H and O–H groups in total. The van der Waals surface area contributed by atoms with Gasteiger partial charge in [0.25, 0.3) is 15.9 Å². The summed E-state index contributed by atoms with van der Waals surface area (Å²) in [4.78, 5) is 40.7. The highest BCUT2D eigenvalue weighted by atomic mass is 32.2. The van der Waals surface area contributed by atoms with Gasteiger partial charge in [-0.25, -0.2) is 12.7 Å². The summed E-state index contributed by atoms with van der Waals surface area (Å²) >= 11 is 0. The van der Waals surface area contributed by atoms with Crippen LogP contribution in [0.1, 0.15) is 67.9 Å². The van der Waals surface area contributed by atoms with Crippen LogP contribution >= 0.6 is 0 Å². The molecule has 0 spiro atoms. The lowest BCUT2D eigenvalue weighted by molar-refractivity contribution is -0.141. The van der Waals surface area contributed by atoms with Crippen LogP contribution in [0.15, 0.2) is 53.4 Å². The number of fused-ring (bicyclic) bond motifs is 1. The van der Waals surface area contributed by atoms with Crippen LogP contribution in [-0.2, 0) is 26.2 Å². The van der Waals surface area contributed by atoms with Crippen LogP contribution in [0.4, 0.5) is 0 Å². The number of sulfonamides is 1. The average molecular weight is 514 g/mol.